The Hall–Kier alpha value is -1.90. The SMILES string of the molecule is CNS(=O)(=O)c1ccc(S(=O)(=O)Nc2cccc3c2CCCC3)cc1. The largest absolute Gasteiger partial charge is 0.279 e. The Balaban J connectivity index is 1.91. The van der Waals surface area contributed by atoms with Crippen LogP contribution in [0.4, 0.5) is 5.69 Å². The Kier molecular flexibility index (Phi) is 4.86. The number of anilines is 1. The summed E-state index contributed by atoms with van der Waals surface area (Å²) in [6.07, 6.45) is 3.97. The van der Waals surface area contributed by atoms with Crippen molar-refractivity contribution < 1.29 is 16.8 Å². The van der Waals surface area contributed by atoms with Crippen molar-refractivity contribution in [3.05, 3.63) is 53.6 Å². The number of sulfonamides is 2. The first-order valence-corrected chi connectivity index (χ1v) is 11.0. The monoisotopic (exact) mass is 380 g/mol. The van der Waals surface area contributed by atoms with Gasteiger partial charge in [-0.05, 0) is 74.2 Å². The fourth-order valence-electron chi connectivity index (χ4n) is 3.00. The average Bonchev–Trinajstić information content (AvgIpc) is 2.62. The predicted octanol–water partition coefficient (Wildman–Crippen LogP) is 2.27. The molecule has 2 aromatic rings. The van der Waals surface area contributed by atoms with Crippen LogP contribution >= 0.6 is 0 Å². The normalized spacial score (nSPS) is 14.8. The molecule has 0 spiro atoms. The summed E-state index contributed by atoms with van der Waals surface area (Å²) >= 11 is 0. The molecule has 0 radical (unpaired) electrons. The maximum Gasteiger partial charge on any atom is 0.261 e. The molecular formula is C17H20N2O4S2. The molecule has 1 aliphatic carbocycles. The van der Waals surface area contributed by atoms with Gasteiger partial charge in [0.25, 0.3) is 10.0 Å². The summed E-state index contributed by atoms with van der Waals surface area (Å²) in [5, 5.41) is 0. The molecule has 1 aliphatic rings. The minimum Gasteiger partial charge on any atom is -0.279 e. The summed E-state index contributed by atoms with van der Waals surface area (Å²) in [6.45, 7) is 0. The minimum atomic E-state index is -3.78. The smallest absolute Gasteiger partial charge is 0.261 e. The van der Waals surface area contributed by atoms with Crippen molar-refractivity contribution in [2.75, 3.05) is 11.8 Å². The second kappa shape index (κ2) is 6.78. The molecule has 134 valence electrons. The van der Waals surface area contributed by atoms with Gasteiger partial charge in [-0.25, -0.2) is 21.6 Å². The van der Waals surface area contributed by atoms with Crippen molar-refractivity contribution in [3.63, 3.8) is 0 Å². The molecule has 25 heavy (non-hydrogen) atoms. The quantitative estimate of drug-likeness (QED) is 0.832. The van der Waals surface area contributed by atoms with Gasteiger partial charge in [0.05, 0.1) is 15.5 Å². The summed E-state index contributed by atoms with van der Waals surface area (Å²) in [5.74, 6) is 0. The molecule has 0 fully saturated rings. The molecule has 0 saturated heterocycles. The lowest BCUT2D eigenvalue weighted by Gasteiger charge is -2.20. The Morgan fingerprint density at radius 2 is 1.40 bits per heavy atom. The van der Waals surface area contributed by atoms with Crippen LogP contribution in [0.2, 0.25) is 0 Å². The average molecular weight is 380 g/mol. The molecular weight excluding hydrogens is 360 g/mol. The molecule has 6 nitrogen and oxygen atoms in total. The number of aryl methyl sites for hydroxylation is 1. The first-order chi connectivity index (χ1) is 11.8. The lowest BCUT2D eigenvalue weighted by molar-refractivity contribution is 0.587. The van der Waals surface area contributed by atoms with E-state index in [4.69, 9.17) is 0 Å². The number of hydrogen-bond acceptors (Lipinski definition) is 4. The van der Waals surface area contributed by atoms with Crippen LogP contribution < -0.4 is 9.44 Å². The van der Waals surface area contributed by atoms with E-state index in [1.54, 1.807) is 6.07 Å². The highest BCUT2D eigenvalue weighted by molar-refractivity contribution is 7.92. The van der Waals surface area contributed by atoms with E-state index >= 15 is 0 Å². The van der Waals surface area contributed by atoms with Crippen LogP contribution in [0.5, 0.6) is 0 Å². The van der Waals surface area contributed by atoms with E-state index in [0.717, 1.165) is 31.2 Å². The zero-order valence-corrected chi connectivity index (χ0v) is 15.5. The van der Waals surface area contributed by atoms with Crippen LogP contribution in [-0.2, 0) is 32.9 Å². The van der Waals surface area contributed by atoms with E-state index in [1.807, 2.05) is 12.1 Å². The van der Waals surface area contributed by atoms with Gasteiger partial charge >= 0.3 is 0 Å². The fraction of sp³-hybridized carbons (Fsp3) is 0.294. The number of hydrogen-bond donors (Lipinski definition) is 2. The van der Waals surface area contributed by atoms with E-state index in [9.17, 15) is 16.8 Å². The van der Waals surface area contributed by atoms with Gasteiger partial charge in [0.15, 0.2) is 0 Å². The molecule has 0 heterocycles. The van der Waals surface area contributed by atoms with Gasteiger partial charge in [-0.2, -0.15) is 0 Å². The fourth-order valence-corrected chi connectivity index (χ4v) is 4.82. The molecule has 2 N–H and O–H groups in total. The highest BCUT2D eigenvalue weighted by Crippen LogP contribution is 2.29. The maximum atomic E-state index is 12.6. The van der Waals surface area contributed by atoms with Crippen LogP contribution in [0.15, 0.2) is 52.3 Å². The zero-order chi connectivity index (χ0) is 18.1. The third-order valence-electron chi connectivity index (χ3n) is 4.35. The zero-order valence-electron chi connectivity index (χ0n) is 13.8. The van der Waals surface area contributed by atoms with Gasteiger partial charge in [-0.1, -0.05) is 12.1 Å². The Labute approximate surface area is 148 Å². The van der Waals surface area contributed by atoms with Gasteiger partial charge in [0.2, 0.25) is 10.0 Å². The molecule has 0 aliphatic heterocycles. The summed E-state index contributed by atoms with van der Waals surface area (Å²) < 4.78 is 53.6. The van der Waals surface area contributed by atoms with E-state index in [-0.39, 0.29) is 9.79 Å². The van der Waals surface area contributed by atoms with Gasteiger partial charge in [-0.15, -0.1) is 0 Å². The van der Waals surface area contributed by atoms with Crippen molar-refractivity contribution in [2.24, 2.45) is 0 Å². The minimum absolute atomic E-state index is 0.0195. The lowest BCUT2D eigenvalue weighted by Crippen LogP contribution is -2.19. The van der Waals surface area contributed by atoms with E-state index in [0.29, 0.717) is 5.69 Å². The van der Waals surface area contributed by atoms with Crippen LogP contribution in [0.25, 0.3) is 0 Å². The summed E-state index contributed by atoms with van der Waals surface area (Å²) in [6, 6.07) is 10.8. The standard InChI is InChI=1S/C17H20N2O4S2/c1-18-24(20,21)14-9-11-15(12-10-14)25(22,23)19-17-8-4-6-13-5-2-3-7-16(13)17/h4,6,8-12,18-19H,2-3,5,7H2,1H3. The third kappa shape index (κ3) is 3.70. The highest BCUT2D eigenvalue weighted by atomic mass is 32.2. The second-order valence-corrected chi connectivity index (χ2v) is 9.50. The molecule has 0 saturated carbocycles. The topological polar surface area (TPSA) is 92.3 Å². The Morgan fingerprint density at radius 1 is 0.800 bits per heavy atom. The van der Waals surface area contributed by atoms with Gasteiger partial charge in [0.1, 0.15) is 0 Å². The second-order valence-electron chi connectivity index (χ2n) is 5.93. The summed E-state index contributed by atoms with van der Waals surface area (Å²) in [4.78, 5) is 0.0435. The molecule has 0 amide bonds. The summed E-state index contributed by atoms with van der Waals surface area (Å²) in [5.41, 5.74) is 2.83. The molecule has 0 aromatic heterocycles. The Bertz CT molecular complexity index is 982. The van der Waals surface area contributed by atoms with Crippen LogP contribution in [0.3, 0.4) is 0 Å². The molecule has 2 aromatic carbocycles. The molecule has 0 atom stereocenters. The van der Waals surface area contributed by atoms with E-state index < -0.39 is 20.0 Å². The maximum absolute atomic E-state index is 12.6. The van der Waals surface area contributed by atoms with Gasteiger partial charge < -0.3 is 0 Å². The van der Waals surface area contributed by atoms with Crippen LogP contribution in [0, 0.1) is 0 Å². The van der Waals surface area contributed by atoms with Crippen molar-refractivity contribution in [1.29, 1.82) is 0 Å². The molecule has 3 rings (SSSR count). The van der Waals surface area contributed by atoms with Crippen molar-refractivity contribution in [2.45, 2.75) is 35.5 Å². The van der Waals surface area contributed by atoms with Crippen LogP contribution in [-0.4, -0.2) is 23.9 Å². The van der Waals surface area contributed by atoms with Gasteiger partial charge in [-0.3, -0.25) is 4.72 Å². The van der Waals surface area contributed by atoms with E-state index in [2.05, 4.69) is 9.44 Å². The first-order valence-electron chi connectivity index (χ1n) is 8.01. The Morgan fingerprint density at radius 3 is 2.04 bits per heavy atom. The van der Waals surface area contributed by atoms with Crippen LogP contribution in [0.1, 0.15) is 24.0 Å². The molecule has 0 bridgehead atoms. The van der Waals surface area contributed by atoms with Crippen molar-refractivity contribution >= 4 is 25.7 Å². The number of fused-ring (bicyclic) bond motifs is 1. The summed E-state index contributed by atoms with van der Waals surface area (Å²) in [7, 11) is -6.07. The van der Waals surface area contributed by atoms with Crippen molar-refractivity contribution in [1.82, 2.24) is 4.72 Å². The number of benzene rings is 2. The van der Waals surface area contributed by atoms with Gasteiger partial charge in [0, 0.05) is 0 Å². The lowest BCUT2D eigenvalue weighted by atomic mass is 9.91. The molecule has 8 heteroatoms. The number of rotatable bonds is 5. The highest BCUT2D eigenvalue weighted by Gasteiger charge is 2.20. The van der Waals surface area contributed by atoms with E-state index in [1.165, 1.54) is 36.9 Å². The predicted molar refractivity (Wildman–Crippen MR) is 96.6 cm³/mol. The number of nitrogens with one attached hydrogen (secondary N) is 2. The first kappa shape index (κ1) is 17.9. The van der Waals surface area contributed by atoms with Crippen molar-refractivity contribution in [3.8, 4) is 0 Å². The third-order valence-corrected chi connectivity index (χ3v) is 7.16. The molecule has 0 unspecified atom stereocenters.